The Labute approximate surface area is 137 Å². The van der Waals surface area contributed by atoms with Crippen molar-refractivity contribution in [2.45, 2.75) is 26.4 Å². The SMILES string of the molecule is CCOC(=O)N1Cc2ccccc2C=C(C)C1c1ccccc1. The van der Waals surface area contributed by atoms with Crippen molar-refractivity contribution < 1.29 is 9.53 Å². The van der Waals surface area contributed by atoms with Crippen LogP contribution in [0.4, 0.5) is 4.79 Å². The minimum Gasteiger partial charge on any atom is -0.450 e. The first-order valence-corrected chi connectivity index (χ1v) is 7.95. The van der Waals surface area contributed by atoms with E-state index in [0.717, 1.165) is 22.3 Å². The quantitative estimate of drug-likeness (QED) is 0.797. The van der Waals surface area contributed by atoms with Crippen molar-refractivity contribution in [3.8, 4) is 0 Å². The van der Waals surface area contributed by atoms with Gasteiger partial charge in [0, 0.05) is 0 Å². The lowest BCUT2D eigenvalue weighted by Gasteiger charge is -2.31. The lowest BCUT2D eigenvalue weighted by molar-refractivity contribution is 0.0930. The van der Waals surface area contributed by atoms with Crippen molar-refractivity contribution in [2.75, 3.05) is 6.61 Å². The summed E-state index contributed by atoms with van der Waals surface area (Å²) in [5, 5.41) is 0. The van der Waals surface area contributed by atoms with Gasteiger partial charge in [-0.25, -0.2) is 4.79 Å². The predicted octanol–water partition coefficient (Wildman–Crippen LogP) is 4.80. The molecule has 0 bridgehead atoms. The van der Waals surface area contributed by atoms with E-state index in [4.69, 9.17) is 4.74 Å². The van der Waals surface area contributed by atoms with Crippen molar-refractivity contribution >= 4 is 12.2 Å². The molecule has 3 nitrogen and oxygen atoms in total. The Morgan fingerprint density at radius 2 is 1.83 bits per heavy atom. The van der Waals surface area contributed by atoms with Crippen molar-refractivity contribution in [1.29, 1.82) is 0 Å². The van der Waals surface area contributed by atoms with E-state index in [-0.39, 0.29) is 12.1 Å². The van der Waals surface area contributed by atoms with Gasteiger partial charge in [0.15, 0.2) is 0 Å². The van der Waals surface area contributed by atoms with Crippen LogP contribution in [0.15, 0.2) is 60.2 Å². The van der Waals surface area contributed by atoms with Crippen LogP contribution in [-0.2, 0) is 11.3 Å². The monoisotopic (exact) mass is 307 g/mol. The third-order valence-electron chi connectivity index (χ3n) is 4.14. The molecular weight excluding hydrogens is 286 g/mol. The summed E-state index contributed by atoms with van der Waals surface area (Å²) in [7, 11) is 0. The molecule has 3 rings (SSSR count). The smallest absolute Gasteiger partial charge is 0.410 e. The van der Waals surface area contributed by atoms with E-state index in [2.05, 4.69) is 37.3 Å². The second kappa shape index (κ2) is 6.69. The third-order valence-corrected chi connectivity index (χ3v) is 4.14. The Kier molecular flexibility index (Phi) is 4.47. The average molecular weight is 307 g/mol. The van der Waals surface area contributed by atoms with Gasteiger partial charge in [-0.05, 0) is 36.1 Å². The first-order valence-electron chi connectivity index (χ1n) is 7.95. The number of ether oxygens (including phenoxy) is 1. The molecule has 2 aromatic rings. The first kappa shape index (κ1) is 15.3. The van der Waals surface area contributed by atoms with Gasteiger partial charge in [0.1, 0.15) is 0 Å². The van der Waals surface area contributed by atoms with E-state index in [1.165, 1.54) is 0 Å². The van der Waals surface area contributed by atoms with Gasteiger partial charge in [-0.1, -0.05) is 60.7 Å². The van der Waals surface area contributed by atoms with E-state index in [1.54, 1.807) is 0 Å². The number of amides is 1. The van der Waals surface area contributed by atoms with Gasteiger partial charge in [-0.15, -0.1) is 0 Å². The highest BCUT2D eigenvalue weighted by Gasteiger charge is 2.30. The molecule has 2 aromatic carbocycles. The van der Waals surface area contributed by atoms with Crippen LogP contribution in [0.2, 0.25) is 0 Å². The zero-order valence-corrected chi connectivity index (χ0v) is 13.5. The number of carbonyl (C=O) groups is 1. The molecule has 23 heavy (non-hydrogen) atoms. The molecule has 0 fully saturated rings. The number of hydrogen-bond acceptors (Lipinski definition) is 2. The van der Waals surface area contributed by atoms with Crippen LogP contribution in [0.5, 0.6) is 0 Å². The number of benzene rings is 2. The lowest BCUT2D eigenvalue weighted by Crippen LogP contribution is -2.35. The van der Waals surface area contributed by atoms with Crippen LogP contribution < -0.4 is 0 Å². The van der Waals surface area contributed by atoms with Crippen molar-refractivity contribution in [2.24, 2.45) is 0 Å². The third kappa shape index (κ3) is 3.14. The highest BCUT2D eigenvalue weighted by Crippen LogP contribution is 2.35. The fourth-order valence-corrected chi connectivity index (χ4v) is 3.12. The molecule has 0 N–H and O–H groups in total. The summed E-state index contributed by atoms with van der Waals surface area (Å²) in [4.78, 5) is 14.4. The first-order chi connectivity index (χ1) is 11.2. The number of rotatable bonds is 2. The van der Waals surface area contributed by atoms with Crippen molar-refractivity contribution in [1.82, 2.24) is 4.90 Å². The van der Waals surface area contributed by atoms with Crippen LogP contribution in [0.25, 0.3) is 6.08 Å². The van der Waals surface area contributed by atoms with Crippen molar-refractivity contribution in [3.63, 3.8) is 0 Å². The van der Waals surface area contributed by atoms with Crippen LogP contribution >= 0.6 is 0 Å². The Morgan fingerprint density at radius 3 is 2.57 bits per heavy atom. The molecule has 0 radical (unpaired) electrons. The molecule has 3 heteroatoms. The second-order valence-corrected chi connectivity index (χ2v) is 5.73. The summed E-state index contributed by atoms with van der Waals surface area (Å²) < 4.78 is 5.31. The number of carbonyl (C=O) groups excluding carboxylic acids is 1. The molecule has 0 saturated heterocycles. The molecule has 1 aliphatic heterocycles. The predicted molar refractivity (Wildman–Crippen MR) is 91.8 cm³/mol. The maximum atomic E-state index is 12.6. The maximum Gasteiger partial charge on any atom is 0.410 e. The number of hydrogen-bond donors (Lipinski definition) is 0. The summed E-state index contributed by atoms with van der Waals surface area (Å²) in [6, 6.07) is 18.2. The molecule has 1 heterocycles. The Balaban J connectivity index is 2.09. The summed E-state index contributed by atoms with van der Waals surface area (Å²) in [6.45, 7) is 4.83. The zero-order valence-electron chi connectivity index (χ0n) is 13.5. The van der Waals surface area contributed by atoms with Crippen molar-refractivity contribution in [3.05, 3.63) is 76.9 Å². The topological polar surface area (TPSA) is 29.5 Å². The summed E-state index contributed by atoms with van der Waals surface area (Å²) in [6.07, 6.45) is 1.90. The minimum atomic E-state index is -0.272. The fraction of sp³-hybridized carbons (Fsp3) is 0.250. The zero-order chi connectivity index (χ0) is 16.2. The highest BCUT2D eigenvalue weighted by atomic mass is 16.6. The van der Waals surface area contributed by atoms with Gasteiger partial charge in [-0.2, -0.15) is 0 Å². The molecular formula is C20H21NO2. The van der Waals surface area contributed by atoms with Gasteiger partial charge >= 0.3 is 6.09 Å². The van der Waals surface area contributed by atoms with E-state index in [1.807, 2.05) is 42.2 Å². The molecule has 0 aliphatic carbocycles. The maximum absolute atomic E-state index is 12.6. The van der Waals surface area contributed by atoms with Crippen LogP contribution in [-0.4, -0.2) is 17.6 Å². The van der Waals surface area contributed by atoms with E-state index < -0.39 is 0 Å². The standard InChI is InChI=1S/C20H21NO2/c1-3-23-20(22)21-14-18-12-8-7-11-17(18)13-15(2)19(21)16-9-5-4-6-10-16/h4-13,19H,3,14H2,1-2H3. The van der Waals surface area contributed by atoms with Gasteiger partial charge in [-0.3, -0.25) is 4.90 Å². The molecule has 1 unspecified atom stereocenters. The molecule has 0 spiro atoms. The summed E-state index contributed by atoms with van der Waals surface area (Å²) >= 11 is 0. The molecule has 0 aromatic heterocycles. The van der Waals surface area contributed by atoms with E-state index in [0.29, 0.717) is 13.2 Å². The van der Waals surface area contributed by atoms with Gasteiger partial charge in [0.05, 0.1) is 19.2 Å². The molecule has 1 atom stereocenters. The van der Waals surface area contributed by atoms with Crippen LogP contribution in [0.1, 0.15) is 36.6 Å². The Morgan fingerprint density at radius 1 is 1.13 bits per heavy atom. The van der Waals surface area contributed by atoms with E-state index >= 15 is 0 Å². The normalized spacial score (nSPS) is 17.0. The number of fused-ring (bicyclic) bond motifs is 1. The molecule has 118 valence electrons. The fourth-order valence-electron chi connectivity index (χ4n) is 3.12. The van der Waals surface area contributed by atoms with Crippen LogP contribution in [0.3, 0.4) is 0 Å². The molecule has 0 saturated carbocycles. The van der Waals surface area contributed by atoms with Gasteiger partial charge in [0.2, 0.25) is 0 Å². The lowest BCUT2D eigenvalue weighted by atomic mass is 9.98. The summed E-state index contributed by atoms with van der Waals surface area (Å²) in [5.74, 6) is 0. The molecule has 1 amide bonds. The number of nitrogens with zero attached hydrogens (tertiary/aromatic N) is 1. The minimum absolute atomic E-state index is 0.109. The van der Waals surface area contributed by atoms with E-state index in [9.17, 15) is 4.79 Å². The molecule has 1 aliphatic rings. The largest absolute Gasteiger partial charge is 0.450 e. The Hall–Kier alpha value is -2.55. The van der Waals surface area contributed by atoms with Crippen LogP contribution in [0, 0.1) is 0 Å². The summed E-state index contributed by atoms with van der Waals surface area (Å²) in [5.41, 5.74) is 4.53. The Bertz CT molecular complexity index is 721. The van der Waals surface area contributed by atoms with Gasteiger partial charge in [0.25, 0.3) is 0 Å². The van der Waals surface area contributed by atoms with Gasteiger partial charge < -0.3 is 4.74 Å². The highest BCUT2D eigenvalue weighted by molar-refractivity contribution is 5.72. The average Bonchev–Trinajstić information content (AvgIpc) is 2.71. The second-order valence-electron chi connectivity index (χ2n) is 5.73.